The Hall–Kier alpha value is -2.24. The second-order valence-corrected chi connectivity index (χ2v) is 6.38. The summed E-state index contributed by atoms with van der Waals surface area (Å²) in [5.74, 6) is 0.792. The molecule has 0 radical (unpaired) electrons. The lowest BCUT2D eigenvalue weighted by Gasteiger charge is -2.10. The summed E-state index contributed by atoms with van der Waals surface area (Å²) in [4.78, 5) is 13.7. The molecule has 0 unspecified atom stereocenters. The standard InChI is InChI=1S/C17H16Cl2N4O/c1-10-8-20-14-4-5-15(22-16(10)14)24-17-12(18)6-11(7-13(17)19)21-9-23(2)3/h4-9,20H,1-3H3/b21-9+. The van der Waals surface area contributed by atoms with Gasteiger partial charge in [0.25, 0.3) is 0 Å². The maximum Gasteiger partial charge on any atom is 0.220 e. The molecule has 0 fully saturated rings. The van der Waals surface area contributed by atoms with E-state index in [-0.39, 0.29) is 0 Å². The number of benzene rings is 1. The molecule has 0 aliphatic heterocycles. The van der Waals surface area contributed by atoms with Gasteiger partial charge in [0.05, 0.1) is 33.1 Å². The Labute approximate surface area is 149 Å². The quantitative estimate of drug-likeness (QED) is 0.513. The number of hydrogen-bond donors (Lipinski definition) is 1. The lowest BCUT2D eigenvalue weighted by Crippen LogP contribution is -2.06. The van der Waals surface area contributed by atoms with Crippen LogP contribution in [0.1, 0.15) is 5.56 Å². The molecule has 124 valence electrons. The Morgan fingerprint density at radius 1 is 1.21 bits per heavy atom. The first kappa shape index (κ1) is 16.6. The topological polar surface area (TPSA) is 53.5 Å². The predicted octanol–water partition coefficient (Wildman–Crippen LogP) is 5.19. The van der Waals surface area contributed by atoms with Gasteiger partial charge in [-0.25, -0.2) is 9.98 Å². The van der Waals surface area contributed by atoms with E-state index in [1.165, 1.54) is 0 Å². The molecule has 0 amide bonds. The van der Waals surface area contributed by atoms with Crippen LogP contribution in [-0.4, -0.2) is 35.3 Å². The fourth-order valence-corrected chi connectivity index (χ4v) is 2.73. The molecule has 3 rings (SSSR count). The van der Waals surface area contributed by atoms with Crippen molar-refractivity contribution in [3.63, 3.8) is 0 Å². The number of halogens is 2. The molecule has 0 bridgehead atoms. The second-order valence-electron chi connectivity index (χ2n) is 5.57. The van der Waals surface area contributed by atoms with Crippen molar-refractivity contribution < 1.29 is 4.74 Å². The number of nitrogens with zero attached hydrogens (tertiary/aromatic N) is 3. The Bertz CT molecular complexity index is 895. The van der Waals surface area contributed by atoms with Crippen molar-refractivity contribution in [1.82, 2.24) is 14.9 Å². The van der Waals surface area contributed by atoms with Gasteiger partial charge in [-0.1, -0.05) is 23.2 Å². The van der Waals surface area contributed by atoms with Gasteiger partial charge in [-0.15, -0.1) is 0 Å². The van der Waals surface area contributed by atoms with Gasteiger partial charge in [0, 0.05) is 26.4 Å². The summed E-state index contributed by atoms with van der Waals surface area (Å²) < 4.78 is 5.80. The van der Waals surface area contributed by atoms with Crippen LogP contribution in [-0.2, 0) is 0 Å². The number of aryl methyl sites for hydroxylation is 1. The summed E-state index contributed by atoms with van der Waals surface area (Å²) in [7, 11) is 3.77. The average molecular weight is 363 g/mol. The average Bonchev–Trinajstić information content (AvgIpc) is 2.90. The van der Waals surface area contributed by atoms with Crippen LogP contribution in [0.3, 0.4) is 0 Å². The third-order valence-electron chi connectivity index (χ3n) is 3.31. The molecule has 0 saturated carbocycles. The first-order valence-electron chi connectivity index (χ1n) is 7.26. The molecule has 5 nitrogen and oxygen atoms in total. The monoisotopic (exact) mass is 362 g/mol. The molecule has 24 heavy (non-hydrogen) atoms. The molecule has 0 aliphatic rings. The van der Waals surface area contributed by atoms with Crippen LogP contribution in [0.15, 0.2) is 35.5 Å². The summed E-state index contributed by atoms with van der Waals surface area (Å²) in [6.07, 6.45) is 3.58. The maximum atomic E-state index is 6.30. The van der Waals surface area contributed by atoms with Gasteiger partial charge in [-0.3, -0.25) is 0 Å². The number of aliphatic imine (C=N–C) groups is 1. The summed E-state index contributed by atoms with van der Waals surface area (Å²) in [6.45, 7) is 1.98. The molecule has 3 aromatic rings. The van der Waals surface area contributed by atoms with Crippen LogP contribution in [0.5, 0.6) is 11.6 Å². The molecule has 2 heterocycles. The van der Waals surface area contributed by atoms with E-state index in [1.807, 2.05) is 38.2 Å². The molecule has 0 aliphatic carbocycles. The van der Waals surface area contributed by atoms with Crippen molar-refractivity contribution in [2.24, 2.45) is 4.99 Å². The van der Waals surface area contributed by atoms with E-state index in [9.17, 15) is 0 Å². The van der Waals surface area contributed by atoms with Gasteiger partial charge < -0.3 is 14.6 Å². The molecule has 1 aromatic carbocycles. The van der Waals surface area contributed by atoms with Crippen LogP contribution in [0.2, 0.25) is 10.0 Å². The molecular weight excluding hydrogens is 347 g/mol. The van der Waals surface area contributed by atoms with Crippen LogP contribution < -0.4 is 4.74 Å². The summed E-state index contributed by atoms with van der Waals surface area (Å²) in [5.41, 5.74) is 3.49. The summed E-state index contributed by atoms with van der Waals surface area (Å²) in [5, 5.41) is 0.752. The summed E-state index contributed by atoms with van der Waals surface area (Å²) >= 11 is 12.6. The van der Waals surface area contributed by atoms with E-state index in [0.29, 0.717) is 27.4 Å². The fourth-order valence-electron chi connectivity index (χ4n) is 2.17. The van der Waals surface area contributed by atoms with Crippen molar-refractivity contribution in [1.29, 1.82) is 0 Å². The number of nitrogens with one attached hydrogen (secondary N) is 1. The third kappa shape index (κ3) is 3.47. The van der Waals surface area contributed by atoms with Crippen molar-refractivity contribution in [3.05, 3.63) is 46.1 Å². The Morgan fingerprint density at radius 2 is 1.92 bits per heavy atom. The Balaban J connectivity index is 1.92. The van der Waals surface area contributed by atoms with E-state index >= 15 is 0 Å². The predicted molar refractivity (Wildman–Crippen MR) is 99.2 cm³/mol. The van der Waals surface area contributed by atoms with E-state index in [0.717, 1.165) is 16.6 Å². The van der Waals surface area contributed by atoms with E-state index in [1.54, 1.807) is 24.5 Å². The fraction of sp³-hybridized carbons (Fsp3) is 0.176. The van der Waals surface area contributed by atoms with Crippen molar-refractivity contribution in [2.75, 3.05) is 14.1 Å². The van der Waals surface area contributed by atoms with Gasteiger partial charge in [0.2, 0.25) is 5.88 Å². The van der Waals surface area contributed by atoms with Crippen LogP contribution in [0.25, 0.3) is 11.0 Å². The number of pyridine rings is 1. The Kier molecular flexibility index (Phi) is 4.64. The largest absolute Gasteiger partial charge is 0.436 e. The van der Waals surface area contributed by atoms with Gasteiger partial charge in [-0.2, -0.15) is 0 Å². The van der Waals surface area contributed by atoms with E-state index in [4.69, 9.17) is 27.9 Å². The summed E-state index contributed by atoms with van der Waals surface area (Å²) in [6, 6.07) is 7.07. The van der Waals surface area contributed by atoms with Gasteiger partial charge in [0.1, 0.15) is 0 Å². The van der Waals surface area contributed by atoms with Crippen LogP contribution in [0, 0.1) is 6.92 Å². The van der Waals surface area contributed by atoms with Crippen LogP contribution in [0.4, 0.5) is 5.69 Å². The molecular formula is C17H16Cl2N4O. The second kappa shape index (κ2) is 6.71. The minimum absolute atomic E-state index is 0.363. The third-order valence-corrected chi connectivity index (χ3v) is 3.88. The zero-order valence-electron chi connectivity index (χ0n) is 13.5. The van der Waals surface area contributed by atoms with Crippen molar-refractivity contribution in [3.8, 4) is 11.6 Å². The number of hydrogen-bond acceptors (Lipinski definition) is 3. The number of aromatic amines is 1. The minimum atomic E-state index is 0.363. The number of fused-ring (bicyclic) bond motifs is 1. The molecule has 2 aromatic heterocycles. The lowest BCUT2D eigenvalue weighted by atomic mass is 10.3. The highest BCUT2D eigenvalue weighted by Crippen LogP contribution is 2.39. The van der Waals surface area contributed by atoms with E-state index in [2.05, 4.69) is 15.0 Å². The highest BCUT2D eigenvalue weighted by Gasteiger charge is 2.12. The highest BCUT2D eigenvalue weighted by molar-refractivity contribution is 6.37. The van der Waals surface area contributed by atoms with Gasteiger partial charge >= 0.3 is 0 Å². The molecule has 0 atom stereocenters. The minimum Gasteiger partial charge on any atom is -0.436 e. The zero-order valence-corrected chi connectivity index (χ0v) is 15.0. The van der Waals surface area contributed by atoms with Crippen molar-refractivity contribution in [2.45, 2.75) is 6.92 Å². The number of H-pyrrole nitrogens is 1. The van der Waals surface area contributed by atoms with Crippen LogP contribution >= 0.6 is 23.2 Å². The number of aromatic nitrogens is 2. The normalized spacial score (nSPS) is 11.4. The maximum absolute atomic E-state index is 6.30. The van der Waals surface area contributed by atoms with Crippen molar-refractivity contribution >= 4 is 46.3 Å². The molecule has 7 heteroatoms. The lowest BCUT2D eigenvalue weighted by molar-refractivity contribution is 0.465. The SMILES string of the molecule is Cc1c[nH]c2ccc(Oc3c(Cl)cc(/N=C/N(C)C)cc3Cl)nc12. The number of ether oxygens (including phenoxy) is 1. The zero-order chi connectivity index (χ0) is 17.3. The first-order chi connectivity index (χ1) is 11.4. The molecule has 0 spiro atoms. The highest BCUT2D eigenvalue weighted by atomic mass is 35.5. The Morgan fingerprint density at radius 3 is 2.58 bits per heavy atom. The molecule has 1 N–H and O–H groups in total. The smallest absolute Gasteiger partial charge is 0.220 e. The van der Waals surface area contributed by atoms with Gasteiger partial charge in [0.15, 0.2) is 5.75 Å². The van der Waals surface area contributed by atoms with Gasteiger partial charge in [-0.05, 0) is 30.7 Å². The molecule has 0 saturated heterocycles. The number of rotatable bonds is 4. The van der Waals surface area contributed by atoms with E-state index < -0.39 is 0 Å². The first-order valence-corrected chi connectivity index (χ1v) is 8.02.